The lowest BCUT2D eigenvalue weighted by atomic mass is 10.1. The molecule has 0 spiro atoms. The molecular formula is C35H44O5. The van der Waals surface area contributed by atoms with Crippen LogP contribution in [-0.2, 0) is 9.47 Å². The van der Waals surface area contributed by atoms with Gasteiger partial charge in [0.25, 0.3) is 0 Å². The summed E-state index contributed by atoms with van der Waals surface area (Å²) in [7, 11) is 0. The summed E-state index contributed by atoms with van der Waals surface area (Å²) in [6.07, 6.45) is 11.0. The first-order valence-corrected chi connectivity index (χ1v) is 15.1. The minimum absolute atomic E-state index is 0.167. The molecule has 214 valence electrons. The highest BCUT2D eigenvalue weighted by Gasteiger charge is 2.21. The van der Waals surface area contributed by atoms with Crippen molar-refractivity contribution in [3.8, 4) is 23.3 Å². The van der Waals surface area contributed by atoms with Crippen molar-refractivity contribution in [3.05, 3.63) is 71.8 Å². The molecule has 3 aromatic rings. The molecule has 2 atom stereocenters. The summed E-state index contributed by atoms with van der Waals surface area (Å²) in [5, 5.41) is 11.1. The van der Waals surface area contributed by atoms with E-state index < -0.39 is 0 Å². The van der Waals surface area contributed by atoms with E-state index >= 15 is 0 Å². The molecule has 1 saturated heterocycles. The van der Waals surface area contributed by atoms with Crippen LogP contribution < -0.4 is 9.47 Å². The minimum Gasteiger partial charge on any atom is -0.494 e. The summed E-state index contributed by atoms with van der Waals surface area (Å²) in [5.41, 5.74) is 1.91. The number of aliphatic hydroxyl groups excluding tert-OH is 1. The van der Waals surface area contributed by atoms with Crippen LogP contribution in [0.4, 0.5) is 0 Å². The number of aliphatic hydroxyl groups is 1. The Morgan fingerprint density at radius 3 is 2.38 bits per heavy atom. The first-order valence-electron chi connectivity index (χ1n) is 15.1. The molecule has 1 N–H and O–H groups in total. The summed E-state index contributed by atoms with van der Waals surface area (Å²) in [6.45, 7) is 3.94. The number of ether oxygens (including phenoxy) is 4. The monoisotopic (exact) mass is 544 g/mol. The van der Waals surface area contributed by atoms with Gasteiger partial charge in [0.15, 0.2) is 6.29 Å². The molecule has 1 aliphatic rings. The molecule has 1 heterocycles. The predicted octanol–water partition coefficient (Wildman–Crippen LogP) is 8.00. The number of rotatable bonds is 15. The van der Waals surface area contributed by atoms with Crippen molar-refractivity contribution in [2.24, 2.45) is 0 Å². The van der Waals surface area contributed by atoms with Crippen LogP contribution in [0.2, 0.25) is 0 Å². The van der Waals surface area contributed by atoms with Gasteiger partial charge in [-0.2, -0.15) is 0 Å². The average molecular weight is 545 g/mol. The fourth-order valence-corrected chi connectivity index (χ4v) is 4.77. The van der Waals surface area contributed by atoms with Gasteiger partial charge in [0.2, 0.25) is 6.29 Å². The van der Waals surface area contributed by atoms with Crippen LogP contribution in [-0.4, -0.2) is 37.5 Å². The molecule has 3 aromatic carbocycles. The van der Waals surface area contributed by atoms with E-state index in [1.807, 2.05) is 30.3 Å². The Labute approximate surface area is 239 Å². The Morgan fingerprint density at radius 2 is 1.57 bits per heavy atom. The van der Waals surface area contributed by atoms with Crippen LogP contribution in [0.5, 0.6) is 11.5 Å². The molecule has 0 radical (unpaired) electrons. The highest BCUT2D eigenvalue weighted by Crippen LogP contribution is 2.24. The van der Waals surface area contributed by atoms with Crippen LogP contribution in [0.15, 0.2) is 60.7 Å². The number of hydrogen-bond acceptors (Lipinski definition) is 5. The highest BCUT2D eigenvalue weighted by atomic mass is 16.8. The first-order chi connectivity index (χ1) is 19.7. The van der Waals surface area contributed by atoms with E-state index in [9.17, 15) is 0 Å². The third-order valence-electron chi connectivity index (χ3n) is 7.09. The second-order valence-corrected chi connectivity index (χ2v) is 10.5. The lowest BCUT2D eigenvalue weighted by molar-refractivity contribution is -0.233. The predicted molar refractivity (Wildman–Crippen MR) is 161 cm³/mol. The maximum atomic E-state index is 8.87. The Hall–Kier alpha value is -3.04. The fraction of sp³-hybridized carbons (Fsp3) is 0.486. The third kappa shape index (κ3) is 10.2. The third-order valence-corrected chi connectivity index (χ3v) is 7.09. The highest BCUT2D eigenvalue weighted by molar-refractivity contribution is 5.85. The second kappa shape index (κ2) is 16.9. The van der Waals surface area contributed by atoms with Crippen molar-refractivity contribution in [3.63, 3.8) is 0 Å². The van der Waals surface area contributed by atoms with Crippen LogP contribution >= 0.6 is 0 Å². The molecule has 0 bridgehead atoms. The maximum absolute atomic E-state index is 8.87. The molecule has 5 nitrogen and oxygen atoms in total. The molecule has 40 heavy (non-hydrogen) atoms. The second-order valence-electron chi connectivity index (χ2n) is 10.5. The molecule has 2 unspecified atom stereocenters. The van der Waals surface area contributed by atoms with Gasteiger partial charge in [-0.05, 0) is 104 Å². The number of unbranched alkanes of at least 4 members (excludes halogenated alkanes) is 5. The van der Waals surface area contributed by atoms with Gasteiger partial charge < -0.3 is 24.1 Å². The van der Waals surface area contributed by atoms with Crippen molar-refractivity contribution in [1.29, 1.82) is 0 Å². The maximum Gasteiger partial charge on any atom is 0.202 e. The van der Waals surface area contributed by atoms with Crippen LogP contribution in [0.3, 0.4) is 0 Å². The quantitative estimate of drug-likeness (QED) is 0.119. The topological polar surface area (TPSA) is 57.2 Å². The van der Waals surface area contributed by atoms with Crippen LogP contribution in [0.1, 0.15) is 88.7 Å². The van der Waals surface area contributed by atoms with E-state index in [4.69, 9.17) is 24.1 Å². The smallest absolute Gasteiger partial charge is 0.202 e. The zero-order valence-electron chi connectivity index (χ0n) is 23.9. The van der Waals surface area contributed by atoms with E-state index in [1.54, 1.807) is 0 Å². The Morgan fingerprint density at radius 1 is 0.825 bits per heavy atom. The molecule has 0 saturated carbocycles. The zero-order valence-corrected chi connectivity index (χ0v) is 23.9. The van der Waals surface area contributed by atoms with Gasteiger partial charge in [-0.3, -0.25) is 0 Å². The molecule has 0 aromatic heterocycles. The van der Waals surface area contributed by atoms with Gasteiger partial charge in [0.05, 0.1) is 6.61 Å². The molecule has 5 heteroatoms. The summed E-state index contributed by atoms with van der Waals surface area (Å²) in [6, 6.07) is 20.4. The number of benzene rings is 3. The Balaban J connectivity index is 1.31. The van der Waals surface area contributed by atoms with Crippen LogP contribution in [0.25, 0.3) is 10.8 Å². The summed E-state index contributed by atoms with van der Waals surface area (Å²) < 4.78 is 24.1. The molecule has 0 amide bonds. The van der Waals surface area contributed by atoms with Gasteiger partial charge in [-0.1, -0.05) is 50.2 Å². The van der Waals surface area contributed by atoms with Crippen molar-refractivity contribution in [2.45, 2.75) is 90.1 Å². The summed E-state index contributed by atoms with van der Waals surface area (Å²) >= 11 is 0. The first kappa shape index (κ1) is 29.9. The zero-order chi connectivity index (χ0) is 27.8. The summed E-state index contributed by atoms with van der Waals surface area (Å²) in [5.74, 6) is 8.25. The van der Waals surface area contributed by atoms with Gasteiger partial charge >= 0.3 is 0 Å². The van der Waals surface area contributed by atoms with Gasteiger partial charge in [-0.25, -0.2) is 0 Å². The number of hydrogen-bond donors (Lipinski definition) is 1. The molecule has 1 aliphatic heterocycles. The Bertz CT molecular complexity index is 1200. The largest absolute Gasteiger partial charge is 0.494 e. The molecule has 1 fully saturated rings. The van der Waals surface area contributed by atoms with E-state index in [0.717, 1.165) is 97.8 Å². The molecule has 4 rings (SSSR count). The minimum atomic E-state index is -0.299. The van der Waals surface area contributed by atoms with Crippen molar-refractivity contribution < 1.29 is 24.1 Å². The fourth-order valence-electron chi connectivity index (χ4n) is 4.77. The van der Waals surface area contributed by atoms with Crippen LogP contribution in [0, 0.1) is 11.8 Å². The van der Waals surface area contributed by atoms with E-state index in [1.165, 1.54) is 12.8 Å². The van der Waals surface area contributed by atoms with Gasteiger partial charge in [0.1, 0.15) is 11.5 Å². The molecular weight excluding hydrogens is 500 g/mol. The van der Waals surface area contributed by atoms with Crippen molar-refractivity contribution in [1.82, 2.24) is 0 Å². The Kier molecular flexibility index (Phi) is 12.7. The lowest BCUT2D eigenvalue weighted by Gasteiger charge is -2.28. The van der Waals surface area contributed by atoms with Crippen molar-refractivity contribution in [2.75, 3.05) is 19.8 Å². The average Bonchev–Trinajstić information content (AvgIpc) is 2.99. The SMILES string of the molecule is CCCCCC(Oc1ccc(C#Cc2ccc3cc(OCCCCCCO)ccc3c2)cc1)OC1CCCCO1. The molecule has 0 aliphatic carbocycles. The lowest BCUT2D eigenvalue weighted by Crippen LogP contribution is -2.31. The standard InChI is InChI=1S/C35H44O5/c1-2-3-6-12-35(40-34-11-7-10-25-38-34)39-32-20-16-28(17-21-32)13-14-29-15-18-31-27-33(22-19-30(31)26-29)37-24-9-5-4-8-23-36/h15-22,26-27,34-36H,2-12,23-25H2,1H3. The number of fused-ring (bicyclic) bond motifs is 1. The van der Waals surface area contributed by atoms with E-state index in [-0.39, 0.29) is 19.2 Å². The van der Waals surface area contributed by atoms with E-state index in [2.05, 4.69) is 49.1 Å². The van der Waals surface area contributed by atoms with Gasteiger partial charge in [-0.15, -0.1) is 0 Å². The van der Waals surface area contributed by atoms with Crippen molar-refractivity contribution >= 4 is 10.8 Å². The summed E-state index contributed by atoms with van der Waals surface area (Å²) in [4.78, 5) is 0. The van der Waals surface area contributed by atoms with Gasteiger partial charge in [0, 0.05) is 30.8 Å². The van der Waals surface area contributed by atoms with E-state index in [0.29, 0.717) is 6.61 Å². The normalized spacial score (nSPS) is 15.8.